The molecule has 1 N–H and O–H groups in total. The first kappa shape index (κ1) is 11.9. The van der Waals surface area contributed by atoms with Crippen molar-refractivity contribution in [3.05, 3.63) is 40.3 Å². The Morgan fingerprint density at radius 2 is 2.11 bits per heavy atom. The Morgan fingerprint density at radius 3 is 2.74 bits per heavy atom. The molecule has 5 heteroatoms. The van der Waals surface area contributed by atoms with Gasteiger partial charge in [-0.2, -0.15) is 0 Å². The molecule has 2 heterocycles. The topological polar surface area (TPSA) is 63.3 Å². The summed E-state index contributed by atoms with van der Waals surface area (Å²) in [7, 11) is 0. The van der Waals surface area contributed by atoms with Crippen molar-refractivity contribution in [3.63, 3.8) is 0 Å². The minimum Gasteiger partial charge on any atom is -0.478 e. The number of nitrogens with zero attached hydrogens (tertiary/aromatic N) is 1. The van der Waals surface area contributed by atoms with Crippen LogP contribution in [0.3, 0.4) is 0 Å². The second-order valence-corrected chi connectivity index (χ2v) is 5.61. The summed E-state index contributed by atoms with van der Waals surface area (Å²) >= 11 is 1.62. The van der Waals surface area contributed by atoms with Crippen LogP contribution in [-0.2, 0) is 0 Å². The predicted molar refractivity (Wildman–Crippen MR) is 73.8 cm³/mol. The number of carboxylic acid groups (broad SMARTS) is 1. The number of aromatic nitrogens is 1. The van der Waals surface area contributed by atoms with E-state index in [-0.39, 0.29) is 5.56 Å². The molecule has 3 aromatic rings. The van der Waals surface area contributed by atoms with Gasteiger partial charge in [-0.1, -0.05) is 0 Å². The van der Waals surface area contributed by atoms with Crippen LogP contribution in [-0.4, -0.2) is 16.1 Å². The quantitative estimate of drug-likeness (QED) is 0.769. The summed E-state index contributed by atoms with van der Waals surface area (Å²) in [5, 5.41) is 8.95. The zero-order valence-corrected chi connectivity index (χ0v) is 11.2. The maximum Gasteiger partial charge on any atom is 0.335 e. The number of carbonyl (C=O) groups is 1. The number of oxazole rings is 1. The van der Waals surface area contributed by atoms with Gasteiger partial charge in [-0.3, -0.25) is 0 Å². The number of benzene rings is 1. The van der Waals surface area contributed by atoms with Crippen LogP contribution >= 0.6 is 11.3 Å². The third kappa shape index (κ3) is 2.02. The smallest absolute Gasteiger partial charge is 0.335 e. The fourth-order valence-corrected chi connectivity index (χ4v) is 2.80. The Kier molecular flexibility index (Phi) is 2.64. The van der Waals surface area contributed by atoms with Gasteiger partial charge in [0.25, 0.3) is 0 Å². The second-order valence-electron chi connectivity index (χ2n) is 4.36. The van der Waals surface area contributed by atoms with Gasteiger partial charge in [0.05, 0.1) is 10.4 Å². The molecule has 0 spiro atoms. The molecule has 0 aliphatic carbocycles. The van der Waals surface area contributed by atoms with Crippen molar-refractivity contribution in [2.24, 2.45) is 0 Å². The molecular formula is C14H11NO3S. The van der Waals surface area contributed by atoms with Crippen molar-refractivity contribution in [1.29, 1.82) is 0 Å². The Labute approximate surface area is 113 Å². The highest BCUT2D eigenvalue weighted by Crippen LogP contribution is 2.32. The van der Waals surface area contributed by atoms with E-state index >= 15 is 0 Å². The van der Waals surface area contributed by atoms with Gasteiger partial charge < -0.3 is 9.52 Å². The molecule has 4 nitrogen and oxygen atoms in total. The number of thiophene rings is 1. The summed E-state index contributed by atoms with van der Waals surface area (Å²) < 4.78 is 5.65. The third-order valence-corrected chi connectivity index (χ3v) is 4.15. The minimum atomic E-state index is -0.970. The summed E-state index contributed by atoms with van der Waals surface area (Å²) in [5.74, 6) is -0.429. The molecule has 0 unspecified atom stereocenters. The zero-order valence-electron chi connectivity index (χ0n) is 10.4. The molecule has 0 aliphatic heterocycles. The average molecular weight is 273 g/mol. The molecule has 0 radical (unpaired) electrons. The Balaban J connectivity index is 2.13. The van der Waals surface area contributed by atoms with E-state index in [1.165, 1.54) is 22.6 Å². The Bertz CT molecular complexity index is 766. The van der Waals surface area contributed by atoms with Crippen LogP contribution in [0.15, 0.2) is 28.7 Å². The molecule has 0 saturated heterocycles. The average Bonchev–Trinajstić information content (AvgIpc) is 2.92. The van der Waals surface area contributed by atoms with E-state index in [1.807, 2.05) is 13.0 Å². The van der Waals surface area contributed by atoms with Crippen LogP contribution in [0.5, 0.6) is 0 Å². The number of hydrogen-bond donors (Lipinski definition) is 1. The molecule has 19 heavy (non-hydrogen) atoms. The normalized spacial score (nSPS) is 11.1. The van der Waals surface area contributed by atoms with Crippen molar-refractivity contribution in [2.75, 3.05) is 0 Å². The maximum atomic E-state index is 10.9. The van der Waals surface area contributed by atoms with Gasteiger partial charge in [-0.15, -0.1) is 11.3 Å². The number of aryl methyl sites for hydroxylation is 2. The first-order valence-corrected chi connectivity index (χ1v) is 6.57. The van der Waals surface area contributed by atoms with E-state index in [9.17, 15) is 4.79 Å². The summed E-state index contributed by atoms with van der Waals surface area (Å²) in [4.78, 5) is 17.5. The van der Waals surface area contributed by atoms with Crippen LogP contribution in [0.1, 0.15) is 20.8 Å². The summed E-state index contributed by atoms with van der Waals surface area (Å²) in [6.07, 6.45) is 0. The number of rotatable bonds is 2. The lowest BCUT2D eigenvalue weighted by molar-refractivity contribution is 0.0697. The lowest BCUT2D eigenvalue weighted by Crippen LogP contribution is -1.94. The molecule has 0 amide bonds. The second kappa shape index (κ2) is 4.20. The van der Waals surface area contributed by atoms with Crippen LogP contribution in [0, 0.1) is 13.8 Å². The summed E-state index contributed by atoms with van der Waals surface area (Å²) in [5.41, 5.74) is 2.57. The van der Waals surface area contributed by atoms with E-state index in [1.54, 1.807) is 17.4 Å². The monoisotopic (exact) mass is 273 g/mol. The van der Waals surface area contributed by atoms with E-state index in [0.29, 0.717) is 17.0 Å². The van der Waals surface area contributed by atoms with Gasteiger partial charge in [-0.05, 0) is 43.7 Å². The first-order valence-electron chi connectivity index (χ1n) is 5.76. The van der Waals surface area contributed by atoms with Crippen molar-refractivity contribution >= 4 is 28.4 Å². The SMILES string of the molecule is Cc1cc(-c2nc3ccc(C(=O)O)cc3o2)sc1C. The minimum absolute atomic E-state index is 0.203. The van der Waals surface area contributed by atoms with Gasteiger partial charge in [-0.25, -0.2) is 9.78 Å². The van der Waals surface area contributed by atoms with Gasteiger partial charge in [0, 0.05) is 4.88 Å². The molecule has 0 fully saturated rings. The fraction of sp³-hybridized carbons (Fsp3) is 0.143. The van der Waals surface area contributed by atoms with E-state index in [4.69, 9.17) is 9.52 Å². The van der Waals surface area contributed by atoms with Crippen LogP contribution in [0.2, 0.25) is 0 Å². The van der Waals surface area contributed by atoms with Crippen molar-refractivity contribution in [2.45, 2.75) is 13.8 Å². The van der Waals surface area contributed by atoms with Gasteiger partial charge in [0.2, 0.25) is 5.89 Å². The van der Waals surface area contributed by atoms with Gasteiger partial charge >= 0.3 is 5.97 Å². The molecule has 3 rings (SSSR count). The molecular weight excluding hydrogens is 262 g/mol. The van der Waals surface area contributed by atoms with E-state index < -0.39 is 5.97 Å². The lowest BCUT2D eigenvalue weighted by atomic mass is 10.2. The zero-order chi connectivity index (χ0) is 13.6. The summed E-state index contributed by atoms with van der Waals surface area (Å²) in [6, 6.07) is 6.73. The standard InChI is InChI=1S/C14H11NO3S/c1-7-5-12(19-8(7)2)13-15-10-4-3-9(14(16)17)6-11(10)18-13/h3-6H,1-2H3,(H,16,17). The first-order chi connectivity index (χ1) is 9.04. The highest BCUT2D eigenvalue weighted by atomic mass is 32.1. The van der Waals surface area contributed by atoms with Crippen LogP contribution < -0.4 is 0 Å². The molecule has 0 saturated carbocycles. The van der Waals surface area contributed by atoms with Crippen molar-refractivity contribution in [1.82, 2.24) is 4.98 Å². The highest BCUT2D eigenvalue weighted by Gasteiger charge is 2.13. The van der Waals surface area contributed by atoms with E-state index in [2.05, 4.69) is 11.9 Å². The molecule has 0 bridgehead atoms. The Morgan fingerprint density at radius 1 is 1.32 bits per heavy atom. The van der Waals surface area contributed by atoms with Crippen LogP contribution in [0.4, 0.5) is 0 Å². The third-order valence-electron chi connectivity index (χ3n) is 3.01. The molecule has 0 atom stereocenters. The van der Waals surface area contributed by atoms with Gasteiger partial charge in [0.15, 0.2) is 5.58 Å². The lowest BCUT2D eigenvalue weighted by Gasteiger charge is -1.91. The summed E-state index contributed by atoms with van der Waals surface area (Å²) in [6.45, 7) is 4.09. The number of fused-ring (bicyclic) bond motifs is 1. The molecule has 1 aromatic carbocycles. The molecule has 0 aliphatic rings. The molecule has 96 valence electrons. The molecule has 2 aromatic heterocycles. The highest BCUT2D eigenvalue weighted by molar-refractivity contribution is 7.15. The predicted octanol–water partition coefficient (Wildman–Crippen LogP) is 3.87. The van der Waals surface area contributed by atoms with Crippen molar-refractivity contribution in [3.8, 4) is 10.8 Å². The van der Waals surface area contributed by atoms with Gasteiger partial charge in [0.1, 0.15) is 5.52 Å². The van der Waals surface area contributed by atoms with E-state index in [0.717, 1.165) is 4.88 Å². The Hall–Kier alpha value is -2.14. The maximum absolute atomic E-state index is 10.9. The largest absolute Gasteiger partial charge is 0.478 e. The number of aromatic carboxylic acids is 1. The van der Waals surface area contributed by atoms with Crippen LogP contribution in [0.25, 0.3) is 21.9 Å². The van der Waals surface area contributed by atoms with Crippen molar-refractivity contribution < 1.29 is 14.3 Å². The number of carboxylic acids is 1. The number of hydrogen-bond acceptors (Lipinski definition) is 4. The fourth-order valence-electron chi connectivity index (χ4n) is 1.84.